The van der Waals surface area contributed by atoms with Crippen molar-refractivity contribution in [2.45, 2.75) is 51.6 Å². The summed E-state index contributed by atoms with van der Waals surface area (Å²) in [6, 6.07) is 7.63. The first-order valence-electron chi connectivity index (χ1n) is 6.95. The van der Waals surface area contributed by atoms with Gasteiger partial charge in [0.1, 0.15) is 11.4 Å². The number of hydrogen-bond acceptors (Lipinski definition) is 3. The smallest absolute Gasteiger partial charge is 0.412 e. The lowest BCUT2D eigenvalue weighted by Crippen LogP contribution is -2.27. The number of benzene rings is 1. The molecule has 4 nitrogen and oxygen atoms in total. The summed E-state index contributed by atoms with van der Waals surface area (Å²) in [6.45, 7) is 5.48. The van der Waals surface area contributed by atoms with Crippen LogP contribution in [0.1, 0.15) is 51.5 Å². The van der Waals surface area contributed by atoms with Crippen molar-refractivity contribution >= 4 is 17.6 Å². The highest BCUT2D eigenvalue weighted by Crippen LogP contribution is 2.32. The Morgan fingerprint density at radius 2 is 1.90 bits per heavy atom. The van der Waals surface area contributed by atoms with Crippen LogP contribution in [0.2, 0.25) is 0 Å². The second-order valence-electron chi connectivity index (χ2n) is 6.23. The molecule has 1 aromatic carbocycles. The van der Waals surface area contributed by atoms with E-state index in [1.807, 2.05) is 45.0 Å². The summed E-state index contributed by atoms with van der Waals surface area (Å²) in [5.74, 6) is 0.670. The van der Waals surface area contributed by atoms with Gasteiger partial charge in [0.2, 0.25) is 0 Å². The highest BCUT2D eigenvalue weighted by molar-refractivity contribution is 5.85. The molecule has 1 aliphatic carbocycles. The Hall–Kier alpha value is -1.84. The van der Waals surface area contributed by atoms with E-state index in [0.717, 1.165) is 12.0 Å². The van der Waals surface area contributed by atoms with Gasteiger partial charge in [0.15, 0.2) is 0 Å². The topological polar surface area (TPSA) is 55.4 Å². The molecule has 1 fully saturated rings. The number of carbonyl (C=O) groups excluding carboxylic acids is 2. The summed E-state index contributed by atoms with van der Waals surface area (Å²) < 4.78 is 5.19. The van der Waals surface area contributed by atoms with E-state index in [-0.39, 0.29) is 0 Å². The van der Waals surface area contributed by atoms with Crippen LogP contribution in [-0.2, 0) is 9.53 Å². The molecule has 1 unspecified atom stereocenters. The van der Waals surface area contributed by atoms with E-state index >= 15 is 0 Å². The van der Waals surface area contributed by atoms with Crippen molar-refractivity contribution in [2.24, 2.45) is 0 Å². The van der Waals surface area contributed by atoms with Crippen LogP contribution in [0, 0.1) is 0 Å². The number of anilines is 1. The van der Waals surface area contributed by atoms with Crippen LogP contribution in [0.25, 0.3) is 0 Å². The molecule has 1 aliphatic rings. The van der Waals surface area contributed by atoms with Gasteiger partial charge in [-0.3, -0.25) is 10.1 Å². The van der Waals surface area contributed by atoms with Crippen LogP contribution in [0.5, 0.6) is 0 Å². The number of carbonyl (C=O) groups is 2. The van der Waals surface area contributed by atoms with Gasteiger partial charge in [-0.1, -0.05) is 12.1 Å². The van der Waals surface area contributed by atoms with Gasteiger partial charge < -0.3 is 4.74 Å². The van der Waals surface area contributed by atoms with Crippen LogP contribution < -0.4 is 5.32 Å². The number of nitrogens with one attached hydrogen (secondary N) is 1. The Bertz CT molecular complexity index is 499. The standard InChI is InChI=1S/C16H21NO3/c1-16(2,3)20-15(19)17-13-7-4-11(5-8-13)12-6-9-14(18)10-12/h4-5,7-8,12H,6,9-10H2,1-3H3,(H,17,19). The predicted octanol–water partition coefficient (Wildman–Crippen LogP) is 3.87. The Labute approximate surface area is 119 Å². The SMILES string of the molecule is CC(C)(C)OC(=O)Nc1ccc(C2CCC(=O)C2)cc1. The summed E-state index contributed by atoms with van der Waals surface area (Å²) in [5.41, 5.74) is 1.35. The van der Waals surface area contributed by atoms with Crippen molar-refractivity contribution in [3.05, 3.63) is 29.8 Å². The van der Waals surface area contributed by atoms with Gasteiger partial charge >= 0.3 is 6.09 Å². The van der Waals surface area contributed by atoms with E-state index in [4.69, 9.17) is 4.74 Å². The second kappa shape index (κ2) is 5.65. The molecule has 0 spiro atoms. The maximum atomic E-state index is 11.6. The maximum Gasteiger partial charge on any atom is 0.412 e. The van der Waals surface area contributed by atoms with Crippen molar-refractivity contribution < 1.29 is 14.3 Å². The van der Waals surface area contributed by atoms with Gasteiger partial charge in [-0.15, -0.1) is 0 Å². The Balaban J connectivity index is 1.95. The summed E-state index contributed by atoms with van der Waals surface area (Å²) >= 11 is 0. The normalized spacial score (nSPS) is 18.9. The Morgan fingerprint density at radius 1 is 1.25 bits per heavy atom. The van der Waals surface area contributed by atoms with Crippen LogP contribution in [0.4, 0.5) is 10.5 Å². The van der Waals surface area contributed by atoms with E-state index in [9.17, 15) is 9.59 Å². The van der Waals surface area contributed by atoms with Crippen LogP contribution in [0.3, 0.4) is 0 Å². The van der Waals surface area contributed by atoms with Gasteiger partial charge in [-0.05, 0) is 50.8 Å². The van der Waals surface area contributed by atoms with Gasteiger partial charge in [0.05, 0.1) is 0 Å². The molecule has 0 radical (unpaired) electrons. The third kappa shape index (κ3) is 4.08. The van der Waals surface area contributed by atoms with Crippen molar-refractivity contribution in [3.8, 4) is 0 Å². The minimum Gasteiger partial charge on any atom is -0.444 e. The molecule has 4 heteroatoms. The molecular formula is C16H21NO3. The fraction of sp³-hybridized carbons (Fsp3) is 0.500. The lowest BCUT2D eigenvalue weighted by atomic mass is 9.97. The first-order chi connectivity index (χ1) is 9.33. The van der Waals surface area contributed by atoms with Crippen molar-refractivity contribution in [1.82, 2.24) is 0 Å². The molecule has 0 aromatic heterocycles. The third-order valence-electron chi connectivity index (χ3n) is 3.27. The molecule has 0 heterocycles. The van der Waals surface area contributed by atoms with Crippen LogP contribution >= 0.6 is 0 Å². The minimum atomic E-state index is -0.506. The largest absolute Gasteiger partial charge is 0.444 e. The Kier molecular flexibility index (Phi) is 4.12. The molecule has 2 rings (SSSR count). The van der Waals surface area contributed by atoms with Gasteiger partial charge in [-0.25, -0.2) is 4.79 Å². The van der Waals surface area contributed by atoms with E-state index in [1.54, 1.807) is 0 Å². The lowest BCUT2D eigenvalue weighted by Gasteiger charge is -2.19. The number of ether oxygens (including phenoxy) is 1. The molecule has 1 saturated carbocycles. The molecule has 108 valence electrons. The lowest BCUT2D eigenvalue weighted by molar-refractivity contribution is -0.117. The summed E-state index contributed by atoms with van der Waals surface area (Å²) in [7, 11) is 0. The summed E-state index contributed by atoms with van der Waals surface area (Å²) in [4.78, 5) is 22.9. The van der Waals surface area contributed by atoms with Crippen molar-refractivity contribution in [3.63, 3.8) is 0 Å². The highest BCUT2D eigenvalue weighted by Gasteiger charge is 2.23. The maximum absolute atomic E-state index is 11.6. The van der Waals surface area contributed by atoms with Crippen LogP contribution in [-0.4, -0.2) is 17.5 Å². The molecule has 20 heavy (non-hydrogen) atoms. The van der Waals surface area contributed by atoms with Gasteiger partial charge in [0.25, 0.3) is 0 Å². The fourth-order valence-corrected chi connectivity index (χ4v) is 2.36. The fourth-order valence-electron chi connectivity index (χ4n) is 2.36. The first kappa shape index (κ1) is 14.6. The van der Waals surface area contributed by atoms with Gasteiger partial charge in [0, 0.05) is 18.5 Å². The monoisotopic (exact) mass is 275 g/mol. The second-order valence-corrected chi connectivity index (χ2v) is 6.23. The first-order valence-corrected chi connectivity index (χ1v) is 6.95. The minimum absolute atomic E-state index is 0.332. The number of Topliss-reactive ketones (excluding diaryl/α,β-unsaturated/α-hetero) is 1. The van der Waals surface area contributed by atoms with Gasteiger partial charge in [-0.2, -0.15) is 0 Å². The Morgan fingerprint density at radius 3 is 2.40 bits per heavy atom. The van der Waals surface area contributed by atoms with E-state index < -0.39 is 11.7 Å². The zero-order valence-electron chi connectivity index (χ0n) is 12.2. The molecule has 0 aliphatic heterocycles. The zero-order chi connectivity index (χ0) is 14.8. The summed E-state index contributed by atoms with van der Waals surface area (Å²) in [6.07, 6.45) is 1.79. The summed E-state index contributed by atoms with van der Waals surface area (Å²) in [5, 5.41) is 2.70. The molecule has 0 bridgehead atoms. The molecule has 1 atom stereocenters. The number of amides is 1. The van der Waals surface area contributed by atoms with E-state index in [0.29, 0.717) is 30.2 Å². The number of hydrogen-bond donors (Lipinski definition) is 1. The third-order valence-corrected chi connectivity index (χ3v) is 3.27. The highest BCUT2D eigenvalue weighted by atomic mass is 16.6. The quantitative estimate of drug-likeness (QED) is 0.891. The average Bonchev–Trinajstić information content (AvgIpc) is 2.74. The average molecular weight is 275 g/mol. The number of ketones is 1. The van der Waals surface area contributed by atoms with Crippen LogP contribution in [0.15, 0.2) is 24.3 Å². The molecule has 1 amide bonds. The predicted molar refractivity (Wildman–Crippen MR) is 77.9 cm³/mol. The zero-order valence-corrected chi connectivity index (χ0v) is 12.2. The molecule has 1 N–H and O–H groups in total. The molecule has 0 saturated heterocycles. The van der Waals surface area contributed by atoms with E-state index in [1.165, 1.54) is 0 Å². The van der Waals surface area contributed by atoms with Crippen molar-refractivity contribution in [2.75, 3.05) is 5.32 Å². The van der Waals surface area contributed by atoms with Crippen molar-refractivity contribution in [1.29, 1.82) is 0 Å². The number of rotatable bonds is 2. The molecular weight excluding hydrogens is 254 g/mol. The van der Waals surface area contributed by atoms with E-state index in [2.05, 4.69) is 5.32 Å². The molecule has 1 aromatic rings.